The smallest absolute Gasteiger partial charge is 0.135 e. The van der Waals surface area contributed by atoms with Crippen LogP contribution in [0, 0.1) is 5.41 Å². The van der Waals surface area contributed by atoms with Gasteiger partial charge in [0.1, 0.15) is 5.75 Å². The highest BCUT2D eigenvalue weighted by molar-refractivity contribution is 9.10. The second-order valence-electron chi connectivity index (χ2n) is 4.53. The Kier molecular flexibility index (Phi) is 5.28. The molecular formula is C13H20BrNO2. The Morgan fingerprint density at radius 3 is 2.71 bits per heavy atom. The molecular weight excluding hydrogens is 282 g/mol. The zero-order valence-electron chi connectivity index (χ0n) is 10.6. The average molecular weight is 302 g/mol. The van der Waals surface area contributed by atoms with Gasteiger partial charge in [0.25, 0.3) is 0 Å². The van der Waals surface area contributed by atoms with E-state index in [1.165, 1.54) is 0 Å². The predicted molar refractivity (Wildman–Crippen MR) is 74.7 cm³/mol. The predicted octanol–water partition coefficient (Wildman–Crippen LogP) is 3.28. The molecule has 1 aromatic carbocycles. The Labute approximate surface area is 111 Å². The molecule has 3 nitrogen and oxygen atoms in total. The van der Waals surface area contributed by atoms with Gasteiger partial charge < -0.3 is 15.2 Å². The molecule has 0 saturated carbocycles. The number of benzene rings is 1. The van der Waals surface area contributed by atoms with Gasteiger partial charge in [0, 0.05) is 23.7 Å². The zero-order chi connectivity index (χ0) is 12.9. The highest BCUT2D eigenvalue weighted by Crippen LogP contribution is 2.29. The molecule has 0 aromatic heterocycles. The third-order valence-corrected chi connectivity index (χ3v) is 3.76. The van der Waals surface area contributed by atoms with Crippen molar-refractivity contribution in [2.45, 2.75) is 20.3 Å². The molecule has 1 rings (SSSR count). The quantitative estimate of drug-likeness (QED) is 0.847. The summed E-state index contributed by atoms with van der Waals surface area (Å²) < 4.78 is 6.17. The number of halogens is 1. The second-order valence-corrected chi connectivity index (χ2v) is 5.38. The summed E-state index contributed by atoms with van der Waals surface area (Å²) in [6.07, 6.45) is 0.935. The first-order chi connectivity index (χ1) is 8.04. The lowest BCUT2D eigenvalue weighted by molar-refractivity contribution is 0.149. The molecule has 4 heteroatoms. The largest absolute Gasteiger partial charge is 0.495 e. The van der Waals surface area contributed by atoms with Crippen molar-refractivity contribution in [3.8, 4) is 5.75 Å². The number of rotatable bonds is 6. The van der Waals surface area contributed by atoms with Gasteiger partial charge >= 0.3 is 0 Å². The van der Waals surface area contributed by atoms with Crippen molar-refractivity contribution in [1.82, 2.24) is 0 Å². The van der Waals surface area contributed by atoms with Crippen LogP contribution in [0.5, 0.6) is 5.75 Å². The standard InChI is InChI=1S/C13H20BrNO2/c1-4-13(2,9-16)8-15-10-5-6-11(14)12(7-10)17-3/h5-7,15-16H,4,8-9H2,1-3H3. The van der Waals surface area contributed by atoms with Crippen LogP contribution in [-0.4, -0.2) is 25.4 Å². The third kappa shape index (κ3) is 3.89. The van der Waals surface area contributed by atoms with Gasteiger partial charge in [-0.25, -0.2) is 0 Å². The number of ether oxygens (including phenoxy) is 1. The summed E-state index contributed by atoms with van der Waals surface area (Å²) in [6, 6.07) is 5.88. The lowest BCUT2D eigenvalue weighted by Crippen LogP contribution is -2.29. The second kappa shape index (κ2) is 6.26. The van der Waals surface area contributed by atoms with Crippen LogP contribution in [0.1, 0.15) is 20.3 Å². The summed E-state index contributed by atoms with van der Waals surface area (Å²) in [4.78, 5) is 0. The van der Waals surface area contributed by atoms with Crippen LogP contribution >= 0.6 is 15.9 Å². The van der Waals surface area contributed by atoms with Crippen molar-refractivity contribution in [1.29, 1.82) is 0 Å². The van der Waals surface area contributed by atoms with Crippen molar-refractivity contribution < 1.29 is 9.84 Å². The third-order valence-electron chi connectivity index (χ3n) is 3.11. The molecule has 1 atom stereocenters. The highest BCUT2D eigenvalue weighted by Gasteiger charge is 2.20. The van der Waals surface area contributed by atoms with Crippen LogP contribution in [0.15, 0.2) is 22.7 Å². The minimum absolute atomic E-state index is 0.0830. The number of anilines is 1. The Morgan fingerprint density at radius 2 is 2.18 bits per heavy atom. The molecule has 0 bridgehead atoms. The van der Waals surface area contributed by atoms with Gasteiger partial charge in [-0.2, -0.15) is 0 Å². The molecule has 0 aliphatic carbocycles. The van der Waals surface area contributed by atoms with Gasteiger partial charge in [0.05, 0.1) is 18.2 Å². The van der Waals surface area contributed by atoms with Crippen LogP contribution in [0.2, 0.25) is 0 Å². The molecule has 0 fully saturated rings. The molecule has 0 aliphatic heterocycles. The first-order valence-corrected chi connectivity index (χ1v) is 6.52. The Morgan fingerprint density at radius 1 is 1.47 bits per heavy atom. The molecule has 2 N–H and O–H groups in total. The maximum atomic E-state index is 9.34. The van der Waals surface area contributed by atoms with Crippen LogP contribution in [-0.2, 0) is 0 Å². The number of aliphatic hydroxyl groups is 1. The van der Waals surface area contributed by atoms with E-state index in [9.17, 15) is 5.11 Å². The molecule has 1 unspecified atom stereocenters. The summed E-state index contributed by atoms with van der Waals surface area (Å²) in [5, 5.41) is 12.7. The van der Waals surface area contributed by atoms with Crippen molar-refractivity contribution >= 4 is 21.6 Å². The van der Waals surface area contributed by atoms with Crippen LogP contribution in [0.3, 0.4) is 0 Å². The lowest BCUT2D eigenvalue weighted by atomic mass is 9.88. The van der Waals surface area contributed by atoms with E-state index in [1.807, 2.05) is 18.2 Å². The maximum absolute atomic E-state index is 9.34. The van der Waals surface area contributed by atoms with Gasteiger partial charge in [-0.3, -0.25) is 0 Å². The summed E-state index contributed by atoms with van der Waals surface area (Å²) >= 11 is 3.42. The summed E-state index contributed by atoms with van der Waals surface area (Å²) in [6.45, 7) is 5.07. The normalized spacial score (nSPS) is 14.2. The van der Waals surface area contributed by atoms with Crippen molar-refractivity contribution in [3.63, 3.8) is 0 Å². The Balaban J connectivity index is 2.69. The van der Waals surface area contributed by atoms with Crippen LogP contribution in [0.4, 0.5) is 5.69 Å². The van der Waals surface area contributed by atoms with Crippen molar-refractivity contribution in [2.75, 3.05) is 25.6 Å². The van der Waals surface area contributed by atoms with E-state index in [0.717, 1.165) is 28.9 Å². The van der Waals surface area contributed by atoms with E-state index in [0.29, 0.717) is 0 Å². The fourth-order valence-corrected chi connectivity index (χ4v) is 1.79. The molecule has 17 heavy (non-hydrogen) atoms. The molecule has 0 radical (unpaired) electrons. The number of methoxy groups -OCH3 is 1. The first-order valence-electron chi connectivity index (χ1n) is 5.73. The van der Waals surface area contributed by atoms with E-state index in [1.54, 1.807) is 7.11 Å². The summed E-state index contributed by atoms with van der Waals surface area (Å²) in [7, 11) is 1.65. The fourth-order valence-electron chi connectivity index (χ4n) is 1.38. The van der Waals surface area contributed by atoms with Crippen LogP contribution < -0.4 is 10.1 Å². The van der Waals surface area contributed by atoms with E-state index in [2.05, 4.69) is 35.1 Å². The monoisotopic (exact) mass is 301 g/mol. The van der Waals surface area contributed by atoms with Gasteiger partial charge in [0.15, 0.2) is 0 Å². The number of nitrogens with one attached hydrogen (secondary N) is 1. The maximum Gasteiger partial charge on any atom is 0.135 e. The van der Waals surface area contributed by atoms with Crippen molar-refractivity contribution in [2.24, 2.45) is 5.41 Å². The minimum atomic E-state index is -0.0830. The molecule has 0 heterocycles. The van der Waals surface area contributed by atoms with Gasteiger partial charge in [-0.1, -0.05) is 13.8 Å². The summed E-state index contributed by atoms with van der Waals surface area (Å²) in [5.74, 6) is 0.803. The van der Waals surface area contributed by atoms with Gasteiger partial charge in [-0.05, 0) is 34.5 Å². The van der Waals surface area contributed by atoms with E-state index in [-0.39, 0.29) is 12.0 Å². The number of hydrogen-bond acceptors (Lipinski definition) is 3. The highest BCUT2D eigenvalue weighted by atomic mass is 79.9. The number of hydrogen-bond donors (Lipinski definition) is 2. The molecule has 0 spiro atoms. The molecule has 0 aliphatic rings. The average Bonchev–Trinajstić information content (AvgIpc) is 2.37. The Hall–Kier alpha value is -0.740. The molecule has 0 saturated heterocycles. The van der Waals surface area contributed by atoms with Gasteiger partial charge in [0.2, 0.25) is 0 Å². The SMILES string of the molecule is CCC(C)(CO)CNc1ccc(Br)c(OC)c1. The van der Waals surface area contributed by atoms with E-state index >= 15 is 0 Å². The molecule has 0 amide bonds. The fraction of sp³-hybridized carbons (Fsp3) is 0.538. The summed E-state index contributed by atoms with van der Waals surface area (Å²) in [5.41, 5.74) is 0.915. The van der Waals surface area contributed by atoms with E-state index < -0.39 is 0 Å². The Bertz CT molecular complexity index is 364. The van der Waals surface area contributed by atoms with Crippen molar-refractivity contribution in [3.05, 3.63) is 22.7 Å². The zero-order valence-corrected chi connectivity index (χ0v) is 12.2. The molecule has 96 valence electrons. The first kappa shape index (κ1) is 14.3. The topological polar surface area (TPSA) is 41.5 Å². The minimum Gasteiger partial charge on any atom is -0.495 e. The number of aliphatic hydroxyl groups excluding tert-OH is 1. The molecule has 1 aromatic rings. The van der Waals surface area contributed by atoms with Crippen LogP contribution in [0.25, 0.3) is 0 Å². The van der Waals surface area contributed by atoms with Gasteiger partial charge in [-0.15, -0.1) is 0 Å². The van der Waals surface area contributed by atoms with E-state index in [4.69, 9.17) is 4.74 Å². The lowest BCUT2D eigenvalue weighted by Gasteiger charge is -2.26.